The van der Waals surface area contributed by atoms with Gasteiger partial charge in [-0.3, -0.25) is 4.79 Å². The van der Waals surface area contributed by atoms with Gasteiger partial charge in [-0.1, -0.05) is 67.7 Å². The molecule has 2 nitrogen and oxygen atoms in total. The van der Waals surface area contributed by atoms with Gasteiger partial charge in [0.05, 0.1) is 5.92 Å². The van der Waals surface area contributed by atoms with Crippen LogP contribution in [0.1, 0.15) is 107 Å². The van der Waals surface area contributed by atoms with Crippen LogP contribution in [0.2, 0.25) is 0 Å². The Morgan fingerprint density at radius 3 is 1.93 bits per heavy atom. The first-order valence-corrected chi connectivity index (χ1v) is 12.1. The highest BCUT2D eigenvalue weighted by Gasteiger charge is 2.60. The number of ether oxygens (including phenoxy) is 1. The van der Waals surface area contributed by atoms with Crippen LogP contribution in [-0.2, 0) is 9.53 Å². The molecule has 2 bridgehead atoms. The van der Waals surface area contributed by atoms with E-state index in [4.69, 9.17) is 4.74 Å². The van der Waals surface area contributed by atoms with Gasteiger partial charge in [-0.15, -0.1) is 0 Å². The van der Waals surface area contributed by atoms with Crippen molar-refractivity contribution in [2.45, 2.75) is 112 Å². The van der Waals surface area contributed by atoms with E-state index in [2.05, 4.69) is 55.4 Å². The Morgan fingerprint density at radius 1 is 0.857 bits per heavy atom. The predicted molar refractivity (Wildman–Crippen MR) is 117 cm³/mol. The summed E-state index contributed by atoms with van der Waals surface area (Å²) in [7, 11) is 0. The predicted octanol–water partition coefficient (Wildman–Crippen LogP) is 7.26. The molecule has 0 amide bonds. The quantitative estimate of drug-likeness (QED) is 0.472. The molecule has 6 unspecified atom stereocenters. The smallest absolute Gasteiger partial charge is 0.309 e. The summed E-state index contributed by atoms with van der Waals surface area (Å²) in [5.41, 5.74) is 0.292. The minimum atomic E-state index is -0.264. The Bertz CT molecular complexity index is 560. The van der Waals surface area contributed by atoms with E-state index in [1.54, 1.807) is 0 Å². The highest BCUT2D eigenvalue weighted by molar-refractivity contribution is 5.74. The second kappa shape index (κ2) is 7.62. The molecule has 3 aliphatic carbocycles. The van der Waals surface area contributed by atoms with Gasteiger partial charge in [0.25, 0.3) is 0 Å². The van der Waals surface area contributed by atoms with Crippen molar-refractivity contribution in [2.24, 2.45) is 46.3 Å². The molecule has 3 aliphatic rings. The van der Waals surface area contributed by atoms with Crippen molar-refractivity contribution >= 4 is 5.97 Å². The molecule has 0 radical (unpaired) electrons. The van der Waals surface area contributed by atoms with Gasteiger partial charge >= 0.3 is 5.97 Å². The van der Waals surface area contributed by atoms with Gasteiger partial charge in [-0.2, -0.15) is 0 Å². The number of hydrogen-bond acceptors (Lipinski definition) is 2. The molecule has 0 N–H and O–H groups in total. The fraction of sp³-hybridized carbons (Fsp3) is 0.962. The maximum Gasteiger partial charge on any atom is 0.309 e. The van der Waals surface area contributed by atoms with Crippen LogP contribution in [0.15, 0.2) is 0 Å². The first-order chi connectivity index (χ1) is 12.9. The minimum absolute atomic E-state index is 0.127. The molecular formula is C26H46O2. The standard InChI is InChI=1S/C26H46O2/c1-9-26(8,18-13-11-10-12-14-18)28-23(27)20-16-17-15-19(20)22(25(5,6)7)21(17)24(2,3)4/h17-22H,9-16H2,1-8H3. The molecule has 0 spiro atoms. The third kappa shape index (κ3) is 4.04. The topological polar surface area (TPSA) is 26.3 Å². The second-order valence-corrected chi connectivity index (χ2v) is 12.7. The van der Waals surface area contributed by atoms with Crippen molar-refractivity contribution in [3.63, 3.8) is 0 Å². The van der Waals surface area contributed by atoms with Crippen LogP contribution in [0.4, 0.5) is 0 Å². The van der Waals surface area contributed by atoms with Crippen molar-refractivity contribution in [3.05, 3.63) is 0 Å². The summed E-state index contributed by atoms with van der Waals surface area (Å²) in [6.07, 6.45) is 9.63. The molecule has 3 rings (SSSR count). The maximum atomic E-state index is 13.5. The Kier molecular flexibility index (Phi) is 6.03. The Balaban J connectivity index is 1.77. The van der Waals surface area contributed by atoms with Gasteiger partial charge in [0.15, 0.2) is 0 Å². The van der Waals surface area contributed by atoms with E-state index in [1.807, 2.05) is 0 Å². The maximum absolute atomic E-state index is 13.5. The molecule has 28 heavy (non-hydrogen) atoms. The molecule has 3 saturated carbocycles. The molecule has 162 valence electrons. The molecule has 0 heterocycles. The molecule has 0 saturated heterocycles. The lowest BCUT2D eigenvalue weighted by Crippen LogP contribution is -2.47. The molecule has 0 aromatic rings. The van der Waals surface area contributed by atoms with Crippen LogP contribution in [-0.4, -0.2) is 11.6 Å². The third-order valence-corrected chi connectivity index (χ3v) is 8.81. The van der Waals surface area contributed by atoms with Crippen LogP contribution in [0.3, 0.4) is 0 Å². The number of hydrogen-bond donors (Lipinski definition) is 0. The summed E-state index contributed by atoms with van der Waals surface area (Å²) in [4.78, 5) is 13.5. The van der Waals surface area contributed by atoms with Gasteiger partial charge in [0, 0.05) is 0 Å². The van der Waals surface area contributed by atoms with Gasteiger partial charge in [-0.05, 0) is 79.4 Å². The van der Waals surface area contributed by atoms with Crippen LogP contribution in [0, 0.1) is 46.3 Å². The minimum Gasteiger partial charge on any atom is -0.459 e. The van der Waals surface area contributed by atoms with Crippen LogP contribution in [0.25, 0.3) is 0 Å². The second-order valence-electron chi connectivity index (χ2n) is 12.7. The molecule has 0 aliphatic heterocycles. The molecule has 6 atom stereocenters. The fourth-order valence-electron chi connectivity index (χ4n) is 7.52. The average Bonchev–Trinajstić information content (AvgIpc) is 3.20. The lowest BCUT2D eigenvalue weighted by Gasteiger charge is -2.48. The molecular weight excluding hydrogens is 344 g/mol. The zero-order valence-corrected chi connectivity index (χ0v) is 19.9. The van der Waals surface area contributed by atoms with E-state index in [0.29, 0.717) is 29.1 Å². The van der Waals surface area contributed by atoms with Gasteiger partial charge in [-0.25, -0.2) is 0 Å². The van der Waals surface area contributed by atoms with Gasteiger partial charge in [0.1, 0.15) is 5.60 Å². The van der Waals surface area contributed by atoms with Crippen LogP contribution >= 0.6 is 0 Å². The Hall–Kier alpha value is -0.530. The summed E-state index contributed by atoms with van der Waals surface area (Å²) < 4.78 is 6.41. The normalized spacial score (nSPS) is 36.4. The first-order valence-electron chi connectivity index (χ1n) is 12.1. The average molecular weight is 391 g/mol. The van der Waals surface area contributed by atoms with E-state index in [1.165, 1.54) is 38.5 Å². The van der Waals surface area contributed by atoms with E-state index in [-0.39, 0.29) is 22.9 Å². The molecule has 0 aromatic heterocycles. The van der Waals surface area contributed by atoms with Crippen LogP contribution in [0.5, 0.6) is 0 Å². The Labute approximate surface area is 174 Å². The molecule has 3 fully saturated rings. The fourth-order valence-corrected chi connectivity index (χ4v) is 7.52. The molecule has 2 heteroatoms. The number of fused-ring (bicyclic) bond motifs is 2. The van der Waals surface area contributed by atoms with E-state index in [9.17, 15) is 4.79 Å². The Morgan fingerprint density at radius 2 is 1.43 bits per heavy atom. The van der Waals surface area contributed by atoms with Crippen LogP contribution < -0.4 is 0 Å². The van der Waals surface area contributed by atoms with Crippen molar-refractivity contribution in [3.8, 4) is 0 Å². The summed E-state index contributed by atoms with van der Waals surface area (Å²) in [5, 5.41) is 0. The van der Waals surface area contributed by atoms with Crippen molar-refractivity contribution in [1.29, 1.82) is 0 Å². The SMILES string of the molecule is CCC(C)(OC(=O)C1CC2CC1C(C(C)(C)C)C2C(C)(C)C)C1CCCCC1. The van der Waals surface area contributed by atoms with Crippen molar-refractivity contribution < 1.29 is 9.53 Å². The van der Waals surface area contributed by atoms with E-state index in [0.717, 1.165) is 18.8 Å². The van der Waals surface area contributed by atoms with E-state index >= 15 is 0 Å². The highest BCUT2D eigenvalue weighted by atomic mass is 16.6. The zero-order chi connectivity index (χ0) is 20.9. The van der Waals surface area contributed by atoms with Gasteiger partial charge in [0.2, 0.25) is 0 Å². The zero-order valence-electron chi connectivity index (χ0n) is 19.9. The lowest BCUT2D eigenvalue weighted by molar-refractivity contribution is -0.176. The molecule has 0 aromatic carbocycles. The first kappa shape index (κ1) is 22.2. The number of carbonyl (C=O) groups excluding carboxylic acids is 1. The third-order valence-electron chi connectivity index (χ3n) is 8.81. The largest absolute Gasteiger partial charge is 0.459 e. The monoisotopic (exact) mass is 390 g/mol. The summed E-state index contributed by atoms with van der Waals surface area (Å²) >= 11 is 0. The summed E-state index contributed by atoms with van der Waals surface area (Å²) in [6, 6.07) is 0. The summed E-state index contributed by atoms with van der Waals surface area (Å²) in [6.45, 7) is 18.8. The number of esters is 1. The lowest BCUT2D eigenvalue weighted by atomic mass is 9.57. The number of rotatable bonds is 4. The summed E-state index contributed by atoms with van der Waals surface area (Å²) in [5.74, 6) is 3.34. The number of carbonyl (C=O) groups is 1. The highest BCUT2D eigenvalue weighted by Crippen LogP contribution is 2.64. The van der Waals surface area contributed by atoms with E-state index < -0.39 is 0 Å². The van der Waals surface area contributed by atoms with Crippen molar-refractivity contribution in [1.82, 2.24) is 0 Å². The van der Waals surface area contributed by atoms with Gasteiger partial charge < -0.3 is 4.74 Å². The van der Waals surface area contributed by atoms with Crippen molar-refractivity contribution in [2.75, 3.05) is 0 Å².